The zero-order valence-corrected chi connectivity index (χ0v) is 15.1. The molecule has 0 aromatic heterocycles. The lowest BCUT2D eigenvalue weighted by Gasteiger charge is -2.19. The summed E-state index contributed by atoms with van der Waals surface area (Å²) in [5, 5.41) is 8.65. The minimum Gasteiger partial charge on any atom is -0.346 e. The number of thioether (sulfide) groups is 1. The second kappa shape index (κ2) is 6.48. The summed E-state index contributed by atoms with van der Waals surface area (Å²) >= 11 is 1.06. The number of hydrogen-bond acceptors (Lipinski definition) is 5. The van der Waals surface area contributed by atoms with Gasteiger partial charge in [-0.15, -0.1) is 0 Å². The lowest BCUT2D eigenvalue weighted by atomic mass is 9.93. The van der Waals surface area contributed by atoms with Crippen molar-refractivity contribution in [2.75, 3.05) is 6.54 Å². The first-order valence-corrected chi connectivity index (χ1v) is 8.78. The molecule has 2 amide bonds. The van der Waals surface area contributed by atoms with E-state index in [-0.39, 0.29) is 28.6 Å². The van der Waals surface area contributed by atoms with Gasteiger partial charge in [-0.1, -0.05) is 44.2 Å². The molecule has 0 saturated carbocycles. The van der Waals surface area contributed by atoms with Crippen molar-refractivity contribution in [3.63, 3.8) is 0 Å². The monoisotopic (exact) mass is 357 g/mol. The fraction of sp³-hybridized carbons (Fsp3) is 0.333. The number of amides is 2. The van der Waals surface area contributed by atoms with Gasteiger partial charge in [0.15, 0.2) is 10.8 Å². The Morgan fingerprint density at radius 2 is 2.12 bits per heavy atom. The van der Waals surface area contributed by atoms with Crippen molar-refractivity contribution >= 4 is 34.4 Å². The van der Waals surface area contributed by atoms with Crippen molar-refractivity contribution < 1.29 is 14.4 Å². The highest BCUT2D eigenvalue weighted by Crippen LogP contribution is 2.36. The van der Waals surface area contributed by atoms with Crippen LogP contribution in [0, 0.1) is 5.41 Å². The average Bonchev–Trinajstić information content (AvgIpc) is 2.93. The van der Waals surface area contributed by atoms with E-state index in [1.165, 1.54) is 0 Å². The third-order valence-corrected chi connectivity index (χ3v) is 5.21. The van der Waals surface area contributed by atoms with Gasteiger partial charge in [-0.2, -0.15) is 10.1 Å². The lowest BCUT2D eigenvalue weighted by Crippen LogP contribution is -2.31. The van der Waals surface area contributed by atoms with Crippen LogP contribution in [0.4, 0.5) is 0 Å². The van der Waals surface area contributed by atoms with Crippen LogP contribution in [0.25, 0.3) is 0 Å². The molecular formula is C18H19N3O3S. The highest BCUT2D eigenvalue weighted by molar-refractivity contribution is 8.19. The van der Waals surface area contributed by atoms with Crippen LogP contribution in [0.5, 0.6) is 0 Å². The summed E-state index contributed by atoms with van der Waals surface area (Å²) in [7, 11) is 0. The molecular weight excluding hydrogens is 338 g/mol. The predicted octanol–water partition coefficient (Wildman–Crippen LogP) is 2.27. The molecule has 0 saturated heterocycles. The summed E-state index contributed by atoms with van der Waals surface area (Å²) in [5.74, 6) is -0.979. The van der Waals surface area contributed by atoms with E-state index < -0.39 is 5.91 Å². The Morgan fingerprint density at radius 3 is 2.88 bits per heavy atom. The molecule has 2 heterocycles. The SMILES string of the molecule is CC1=C2SC(C(=O)NCC3=CC=CC(C)(C)C=C3)=NN2C(=O)CC1=O. The van der Waals surface area contributed by atoms with Crippen molar-refractivity contribution in [2.24, 2.45) is 10.5 Å². The fourth-order valence-electron chi connectivity index (χ4n) is 2.48. The molecule has 3 rings (SSSR count). The fourth-order valence-corrected chi connectivity index (χ4v) is 3.45. The second-order valence-corrected chi connectivity index (χ2v) is 7.66. The maximum atomic E-state index is 12.4. The zero-order valence-electron chi connectivity index (χ0n) is 14.3. The minimum atomic E-state index is -0.400. The Labute approximate surface area is 150 Å². The molecule has 25 heavy (non-hydrogen) atoms. The van der Waals surface area contributed by atoms with Gasteiger partial charge >= 0.3 is 0 Å². The number of rotatable bonds is 3. The summed E-state index contributed by atoms with van der Waals surface area (Å²) in [5.41, 5.74) is 1.42. The molecule has 7 heteroatoms. The molecule has 0 spiro atoms. The van der Waals surface area contributed by atoms with Gasteiger partial charge in [-0.25, -0.2) is 0 Å². The second-order valence-electron chi connectivity index (χ2n) is 6.68. The van der Waals surface area contributed by atoms with Crippen LogP contribution in [0.15, 0.2) is 51.7 Å². The first kappa shape index (κ1) is 17.4. The van der Waals surface area contributed by atoms with E-state index in [1.807, 2.05) is 18.2 Å². The van der Waals surface area contributed by atoms with E-state index in [9.17, 15) is 14.4 Å². The Kier molecular flexibility index (Phi) is 4.51. The minimum absolute atomic E-state index is 0.0203. The van der Waals surface area contributed by atoms with Crippen LogP contribution in [0.2, 0.25) is 0 Å². The number of hydrogen-bond donors (Lipinski definition) is 1. The van der Waals surface area contributed by atoms with Crippen LogP contribution in [0.1, 0.15) is 27.2 Å². The number of carbonyl (C=O) groups excluding carboxylic acids is 3. The summed E-state index contributed by atoms with van der Waals surface area (Å²) < 4.78 is 0. The summed E-state index contributed by atoms with van der Waals surface area (Å²) in [6.45, 7) is 6.21. The topological polar surface area (TPSA) is 78.8 Å². The molecule has 0 bridgehead atoms. The molecule has 1 aliphatic carbocycles. The normalized spacial score (nSPS) is 21.8. The van der Waals surface area contributed by atoms with Gasteiger partial charge in [0.2, 0.25) is 0 Å². The number of fused-ring (bicyclic) bond motifs is 1. The van der Waals surface area contributed by atoms with Crippen molar-refractivity contribution in [3.8, 4) is 0 Å². The van der Waals surface area contributed by atoms with Crippen LogP contribution in [-0.4, -0.2) is 34.2 Å². The lowest BCUT2D eigenvalue weighted by molar-refractivity contribution is -0.133. The Bertz CT molecular complexity index is 815. The number of allylic oxidation sites excluding steroid dienone is 5. The van der Waals surface area contributed by atoms with E-state index >= 15 is 0 Å². The molecule has 3 aliphatic rings. The number of nitrogens with zero attached hydrogens (tertiary/aromatic N) is 2. The maximum absolute atomic E-state index is 12.4. The van der Waals surface area contributed by atoms with E-state index in [1.54, 1.807) is 6.92 Å². The zero-order chi connectivity index (χ0) is 18.2. The van der Waals surface area contributed by atoms with Gasteiger partial charge in [0.05, 0.1) is 6.42 Å². The van der Waals surface area contributed by atoms with E-state index in [0.717, 1.165) is 22.3 Å². The first-order chi connectivity index (χ1) is 11.8. The predicted molar refractivity (Wildman–Crippen MR) is 97.3 cm³/mol. The molecule has 0 fully saturated rings. The number of hydrazone groups is 1. The van der Waals surface area contributed by atoms with Crippen molar-refractivity contribution in [2.45, 2.75) is 27.2 Å². The molecule has 1 N–H and O–H groups in total. The number of carbonyl (C=O) groups is 3. The summed E-state index contributed by atoms with van der Waals surface area (Å²) in [4.78, 5) is 36.0. The van der Waals surface area contributed by atoms with Gasteiger partial charge in [0.25, 0.3) is 11.8 Å². The third kappa shape index (κ3) is 3.66. The molecule has 0 radical (unpaired) electrons. The number of Topliss-reactive ketones (excluding diaryl/α,β-unsaturated/α-hetero) is 1. The van der Waals surface area contributed by atoms with Gasteiger partial charge in [-0.05, 0) is 24.3 Å². The summed E-state index contributed by atoms with van der Waals surface area (Å²) in [6.07, 6.45) is 9.88. The molecule has 130 valence electrons. The Morgan fingerprint density at radius 1 is 1.36 bits per heavy atom. The number of ketones is 1. The average molecular weight is 357 g/mol. The van der Waals surface area contributed by atoms with E-state index in [2.05, 4.69) is 36.4 Å². The van der Waals surface area contributed by atoms with Crippen molar-refractivity contribution in [1.82, 2.24) is 10.3 Å². The van der Waals surface area contributed by atoms with Crippen LogP contribution < -0.4 is 5.32 Å². The highest BCUT2D eigenvalue weighted by atomic mass is 32.2. The molecule has 6 nitrogen and oxygen atoms in total. The Hall–Kier alpha value is -2.41. The van der Waals surface area contributed by atoms with Crippen LogP contribution in [0.3, 0.4) is 0 Å². The van der Waals surface area contributed by atoms with Gasteiger partial charge in [0, 0.05) is 17.5 Å². The quantitative estimate of drug-likeness (QED) is 0.786. The van der Waals surface area contributed by atoms with E-state index in [0.29, 0.717) is 17.1 Å². The summed E-state index contributed by atoms with van der Waals surface area (Å²) in [6, 6.07) is 0. The highest BCUT2D eigenvalue weighted by Gasteiger charge is 2.37. The number of nitrogens with one attached hydrogen (secondary N) is 1. The molecule has 0 aromatic rings. The Balaban J connectivity index is 1.67. The first-order valence-electron chi connectivity index (χ1n) is 7.96. The van der Waals surface area contributed by atoms with Crippen LogP contribution in [-0.2, 0) is 14.4 Å². The third-order valence-electron chi connectivity index (χ3n) is 4.07. The van der Waals surface area contributed by atoms with E-state index in [4.69, 9.17) is 0 Å². The standard InChI is InChI=1S/C18H19N3O3S/c1-11-13(22)9-14(23)21-17(11)25-16(20-21)15(24)19-10-12-5-4-7-18(2,3)8-6-12/h4-8H,9-10H2,1-3H3,(H,19,24). The molecule has 0 atom stereocenters. The molecule has 0 unspecified atom stereocenters. The van der Waals surface area contributed by atoms with Crippen LogP contribution >= 0.6 is 11.8 Å². The van der Waals surface area contributed by atoms with Gasteiger partial charge < -0.3 is 5.32 Å². The molecule has 0 aromatic carbocycles. The molecule has 2 aliphatic heterocycles. The van der Waals surface area contributed by atoms with Gasteiger partial charge in [0.1, 0.15) is 5.03 Å². The maximum Gasteiger partial charge on any atom is 0.279 e. The largest absolute Gasteiger partial charge is 0.346 e. The smallest absolute Gasteiger partial charge is 0.279 e. The van der Waals surface area contributed by atoms with Crippen molar-refractivity contribution in [1.29, 1.82) is 0 Å². The van der Waals surface area contributed by atoms with Crippen molar-refractivity contribution in [3.05, 3.63) is 46.6 Å². The van der Waals surface area contributed by atoms with Gasteiger partial charge in [-0.3, -0.25) is 14.4 Å².